The van der Waals surface area contributed by atoms with Crippen LogP contribution in [-0.4, -0.2) is 21.7 Å². The molecule has 3 rings (SSSR count). The standard InChI is InChI=1S/C14H11BrF2N4O/c1-22-12-5-8(16)4-11(17)9(12)6-18-13-3-2-10(15)14-20-19-7-21(13)14/h2-5,7,18H,6H2,1H3. The Hall–Kier alpha value is -2.22. The van der Waals surface area contributed by atoms with Gasteiger partial charge in [0.05, 0.1) is 11.6 Å². The molecule has 1 aromatic carbocycles. The van der Waals surface area contributed by atoms with E-state index in [9.17, 15) is 8.78 Å². The number of hydrogen-bond acceptors (Lipinski definition) is 4. The summed E-state index contributed by atoms with van der Waals surface area (Å²) in [7, 11) is 1.37. The fourth-order valence-electron chi connectivity index (χ4n) is 2.14. The highest BCUT2D eigenvalue weighted by molar-refractivity contribution is 9.10. The van der Waals surface area contributed by atoms with Crippen molar-refractivity contribution in [3.8, 4) is 5.75 Å². The van der Waals surface area contributed by atoms with E-state index in [0.717, 1.165) is 16.6 Å². The summed E-state index contributed by atoms with van der Waals surface area (Å²) in [5.74, 6) is -0.513. The van der Waals surface area contributed by atoms with Gasteiger partial charge in [-0.1, -0.05) is 0 Å². The van der Waals surface area contributed by atoms with Gasteiger partial charge >= 0.3 is 0 Å². The van der Waals surface area contributed by atoms with Gasteiger partial charge in [-0.25, -0.2) is 8.78 Å². The Balaban J connectivity index is 1.92. The van der Waals surface area contributed by atoms with E-state index in [1.807, 2.05) is 6.07 Å². The zero-order chi connectivity index (χ0) is 15.7. The van der Waals surface area contributed by atoms with Crippen molar-refractivity contribution < 1.29 is 13.5 Å². The maximum Gasteiger partial charge on any atom is 0.176 e. The normalized spacial score (nSPS) is 10.9. The minimum absolute atomic E-state index is 0.129. The lowest BCUT2D eigenvalue weighted by molar-refractivity contribution is 0.400. The molecule has 2 aromatic heterocycles. The van der Waals surface area contributed by atoms with E-state index in [1.54, 1.807) is 16.8 Å². The Morgan fingerprint density at radius 3 is 2.91 bits per heavy atom. The van der Waals surface area contributed by atoms with E-state index < -0.39 is 11.6 Å². The van der Waals surface area contributed by atoms with Gasteiger partial charge in [0.2, 0.25) is 0 Å². The van der Waals surface area contributed by atoms with Gasteiger partial charge in [-0.2, -0.15) is 0 Å². The maximum atomic E-state index is 13.9. The van der Waals surface area contributed by atoms with Crippen molar-refractivity contribution in [2.45, 2.75) is 6.54 Å². The molecule has 0 aliphatic rings. The molecule has 2 heterocycles. The number of pyridine rings is 1. The predicted octanol–water partition coefficient (Wildman–Crippen LogP) is 3.39. The lowest BCUT2D eigenvalue weighted by Crippen LogP contribution is -2.07. The van der Waals surface area contributed by atoms with Crippen LogP contribution in [0, 0.1) is 11.6 Å². The molecule has 114 valence electrons. The molecule has 0 aliphatic carbocycles. The van der Waals surface area contributed by atoms with E-state index in [1.165, 1.54) is 7.11 Å². The first kappa shape index (κ1) is 14.7. The molecule has 0 saturated heterocycles. The van der Waals surface area contributed by atoms with E-state index >= 15 is 0 Å². The third-order valence-electron chi connectivity index (χ3n) is 3.19. The summed E-state index contributed by atoms with van der Waals surface area (Å²) in [6, 6.07) is 5.59. The monoisotopic (exact) mass is 368 g/mol. The van der Waals surface area contributed by atoms with Crippen LogP contribution in [0.5, 0.6) is 5.75 Å². The summed E-state index contributed by atoms with van der Waals surface area (Å²) in [5, 5.41) is 10.9. The third-order valence-corrected chi connectivity index (χ3v) is 3.81. The van der Waals surface area contributed by atoms with Crippen LogP contribution in [0.1, 0.15) is 5.56 Å². The first-order chi connectivity index (χ1) is 10.6. The second-order valence-electron chi connectivity index (χ2n) is 4.51. The predicted molar refractivity (Wildman–Crippen MR) is 80.9 cm³/mol. The number of aromatic nitrogens is 3. The highest BCUT2D eigenvalue weighted by Crippen LogP contribution is 2.25. The van der Waals surface area contributed by atoms with Crippen LogP contribution in [0.2, 0.25) is 0 Å². The molecular weight excluding hydrogens is 358 g/mol. The summed E-state index contributed by atoms with van der Waals surface area (Å²) >= 11 is 3.38. The SMILES string of the molecule is COc1cc(F)cc(F)c1CNc1ccc(Br)c2nncn12. The number of fused-ring (bicyclic) bond motifs is 1. The number of anilines is 1. The Kier molecular flexibility index (Phi) is 3.93. The van der Waals surface area contributed by atoms with Crippen LogP contribution < -0.4 is 10.1 Å². The molecule has 0 spiro atoms. The van der Waals surface area contributed by atoms with Crippen molar-refractivity contribution in [2.24, 2.45) is 0 Å². The zero-order valence-electron chi connectivity index (χ0n) is 11.5. The molecule has 0 amide bonds. The molecule has 5 nitrogen and oxygen atoms in total. The van der Waals surface area contributed by atoms with Gasteiger partial charge in [-0.3, -0.25) is 4.40 Å². The van der Waals surface area contributed by atoms with Gasteiger partial charge in [0, 0.05) is 24.2 Å². The molecule has 0 fully saturated rings. The van der Waals surface area contributed by atoms with Gasteiger partial charge < -0.3 is 10.1 Å². The highest BCUT2D eigenvalue weighted by atomic mass is 79.9. The van der Waals surface area contributed by atoms with Crippen molar-refractivity contribution in [3.63, 3.8) is 0 Å². The number of benzene rings is 1. The molecule has 0 radical (unpaired) electrons. The van der Waals surface area contributed by atoms with Crippen molar-refractivity contribution in [1.29, 1.82) is 0 Å². The van der Waals surface area contributed by atoms with Gasteiger partial charge in [0.25, 0.3) is 0 Å². The quantitative estimate of drug-likeness (QED) is 0.766. The Labute approximate surface area is 133 Å². The van der Waals surface area contributed by atoms with E-state index in [4.69, 9.17) is 4.74 Å². The molecule has 8 heteroatoms. The Morgan fingerprint density at radius 2 is 2.14 bits per heavy atom. The van der Waals surface area contributed by atoms with Gasteiger partial charge in [-0.15, -0.1) is 10.2 Å². The number of hydrogen-bond donors (Lipinski definition) is 1. The van der Waals surface area contributed by atoms with Crippen LogP contribution >= 0.6 is 15.9 Å². The minimum atomic E-state index is -0.678. The summed E-state index contributed by atoms with van der Waals surface area (Å²) in [6.07, 6.45) is 1.54. The number of nitrogens with zero attached hydrogens (tertiary/aromatic N) is 3. The first-order valence-corrected chi connectivity index (χ1v) is 7.13. The van der Waals surface area contributed by atoms with Crippen molar-refractivity contribution in [3.05, 3.63) is 52.3 Å². The van der Waals surface area contributed by atoms with E-state index in [0.29, 0.717) is 11.5 Å². The molecule has 1 N–H and O–H groups in total. The van der Waals surface area contributed by atoms with Crippen LogP contribution in [0.4, 0.5) is 14.6 Å². The summed E-state index contributed by atoms with van der Waals surface area (Å²) in [4.78, 5) is 0. The van der Waals surface area contributed by atoms with Crippen molar-refractivity contribution in [2.75, 3.05) is 12.4 Å². The number of rotatable bonds is 4. The second-order valence-corrected chi connectivity index (χ2v) is 5.37. The third kappa shape index (κ3) is 2.61. The molecule has 22 heavy (non-hydrogen) atoms. The number of methoxy groups -OCH3 is 1. The Bertz CT molecular complexity index is 837. The molecule has 0 bridgehead atoms. The Morgan fingerprint density at radius 1 is 1.32 bits per heavy atom. The zero-order valence-corrected chi connectivity index (χ0v) is 13.1. The van der Waals surface area contributed by atoms with Gasteiger partial charge in [0.1, 0.15) is 29.5 Å². The summed E-state index contributed by atoms with van der Waals surface area (Å²) in [5.41, 5.74) is 0.879. The molecular formula is C14H11BrF2N4O. The topological polar surface area (TPSA) is 51.5 Å². The fourth-order valence-corrected chi connectivity index (χ4v) is 2.54. The molecule has 3 aromatic rings. The average molecular weight is 369 g/mol. The van der Waals surface area contributed by atoms with Crippen molar-refractivity contribution >= 4 is 27.4 Å². The second kappa shape index (κ2) is 5.88. The number of halogens is 3. The van der Waals surface area contributed by atoms with E-state index in [2.05, 4.69) is 31.4 Å². The molecule has 0 unspecified atom stereocenters. The number of ether oxygens (including phenoxy) is 1. The summed E-state index contributed by atoms with van der Waals surface area (Å²) in [6.45, 7) is 0.129. The molecule has 0 aliphatic heterocycles. The fraction of sp³-hybridized carbons (Fsp3) is 0.143. The van der Waals surface area contributed by atoms with Crippen LogP contribution in [0.15, 0.2) is 35.1 Å². The minimum Gasteiger partial charge on any atom is -0.496 e. The van der Waals surface area contributed by atoms with E-state index in [-0.39, 0.29) is 17.9 Å². The van der Waals surface area contributed by atoms with Gasteiger partial charge in [0.15, 0.2) is 5.65 Å². The maximum absolute atomic E-state index is 13.9. The van der Waals surface area contributed by atoms with Crippen LogP contribution in [0.3, 0.4) is 0 Å². The van der Waals surface area contributed by atoms with Crippen molar-refractivity contribution in [1.82, 2.24) is 14.6 Å². The largest absolute Gasteiger partial charge is 0.496 e. The average Bonchev–Trinajstić information content (AvgIpc) is 2.98. The number of nitrogens with one attached hydrogen (secondary N) is 1. The van der Waals surface area contributed by atoms with Crippen LogP contribution in [0.25, 0.3) is 5.65 Å². The van der Waals surface area contributed by atoms with Gasteiger partial charge in [-0.05, 0) is 28.1 Å². The molecule has 0 saturated carbocycles. The summed E-state index contributed by atoms with van der Waals surface area (Å²) < 4.78 is 34.7. The first-order valence-electron chi connectivity index (χ1n) is 6.34. The lowest BCUT2D eigenvalue weighted by atomic mass is 10.1. The van der Waals surface area contributed by atoms with Crippen LogP contribution in [-0.2, 0) is 6.54 Å². The highest BCUT2D eigenvalue weighted by Gasteiger charge is 2.13. The molecule has 0 atom stereocenters. The lowest BCUT2D eigenvalue weighted by Gasteiger charge is -2.13. The smallest absolute Gasteiger partial charge is 0.176 e.